The normalized spacial score (nSPS) is 19.5. The Labute approximate surface area is 111 Å². The largest absolute Gasteiger partial charge is 0.323 e. The molecule has 0 aliphatic carbocycles. The zero-order valence-corrected chi connectivity index (χ0v) is 11.8. The molecule has 0 saturated carbocycles. The van der Waals surface area contributed by atoms with Crippen molar-refractivity contribution in [2.45, 2.75) is 45.6 Å². The van der Waals surface area contributed by atoms with Crippen molar-refractivity contribution in [1.82, 2.24) is 4.90 Å². The highest BCUT2D eigenvalue weighted by Gasteiger charge is 2.14. The molecule has 1 aromatic carbocycles. The molecule has 1 unspecified atom stereocenters. The van der Waals surface area contributed by atoms with Gasteiger partial charge in [0.15, 0.2) is 0 Å². The molecule has 0 aromatic heterocycles. The molecule has 100 valence electrons. The summed E-state index contributed by atoms with van der Waals surface area (Å²) in [6, 6.07) is 6.78. The molecular weight excluding hydrogens is 220 g/mol. The van der Waals surface area contributed by atoms with Crippen LogP contribution in [0.2, 0.25) is 0 Å². The van der Waals surface area contributed by atoms with Gasteiger partial charge in [-0.25, -0.2) is 0 Å². The second kappa shape index (κ2) is 6.35. The van der Waals surface area contributed by atoms with Crippen LogP contribution in [0.3, 0.4) is 0 Å². The Bertz CT molecular complexity index is 379. The molecule has 0 bridgehead atoms. The van der Waals surface area contributed by atoms with Gasteiger partial charge in [-0.2, -0.15) is 0 Å². The van der Waals surface area contributed by atoms with Gasteiger partial charge in [0.1, 0.15) is 0 Å². The highest BCUT2D eigenvalue weighted by molar-refractivity contribution is 5.31. The van der Waals surface area contributed by atoms with Crippen LogP contribution < -0.4 is 5.73 Å². The van der Waals surface area contributed by atoms with Crippen molar-refractivity contribution >= 4 is 0 Å². The zero-order chi connectivity index (χ0) is 13.0. The summed E-state index contributed by atoms with van der Waals surface area (Å²) in [5.74, 6) is 0. The van der Waals surface area contributed by atoms with Gasteiger partial charge in [0.2, 0.25) is 0 Å². The van der Waals surface area contributed by atoms with Gasteiger partial charge in [0.05, 0.1) is 0 Å². The van der Waals surface area contributed by atoms with Crippen LogP contribution in [0.5, 0.6) is 0 Å². The quantitative estimate of drug-likeness (QED) is 0.887. The molecule has 2 N–H and O–H groups in total. The predicted octanol–water partition coefficient (Wildman–Crippen LogP) is 3.18. The smallest absolute Gasteiger partial charge is 0.0424 e. The monoisotopic (exact) mass is 246 g/mol. The number of likely N-dealkylation sites (tertiary alicyclic amines) is 1. The molecule has 1 aromatic rings. The van der Waals surface area contributed by atoms with Gasteiger partial charge in [0, 0.05) is 12.6 Å². The van der Waals surface area contributed by atoms with Gasteiger partial charge in [-0.15, -0.1) is 0 Å². The molecular formula is C16H26N2. The molecule has 0 spiro atoms. The molecule has 1 atom stereocenters. The molecule has 0 amide bonds. The minimum Gasteiger partial charge on any atom is -0.323 e. The lowest BCUT2D eigenvalue weighted by atomic mass is 10.0. The summed E-state index contributed by atoms with van der Waals surface area (Å²) in [5.41, 5.74) is 10.3. The van der Waals surface area contributed by atoms with E-state index in [2.05, 4.69) is 36.9 Å². The van der Waals surface area contributed by atoms with Crippen LogP contribution in [-0.2, 0) is 0 Å². The number of hydrogen-bond acceptors (Lipinski definition) is 2. The maximum absolute atomic E-state index is 6.35. The first-order valence-corrected chi connectivity index (χ1v) is 7.22. The number of nitrogens with zero attached hydrogens (tertiary/aromatic N) is 1. The molecule has 0 radical (unpaired) electrons. The molecule has 1 aliphatic heterocycles. The van der Waals surface area contributed by atoms with Crippen molar-refractivity contribution < 1.29 is 0 Å². The minimum atomic E-state index is 0.155. The van der Waals surface area contributed by atoms with Crippen molar-refractivity contribution in [3.63, 3.8) is 0 Å². The second-order valence-corrected chi connectivity index (χ2v) is 5.67. The lowest BCUT2D eigenvalue weighted by Crippen LogP contribution is -2.33. The van der Waals surface area contributed by atoms with Crippen LogP contribution in [0.25, 0.3) is 0 Å². The van der Waals surface area contributed by atoms with Crippen LogP contribution in [0.4, 0.5) is 0 Å². The van der Waals surface area contributed by atoms with E-state index in [0.29, 0.717) is 0 Å². The number of aryl methyl sites for hydroxylation is 2. The average Bonchev–Trinajstić information content (AvgIpc) is 2.61. The summed E-state index contributed by atoms with van der Waals surface area (Å²) in [4.78, 5) is 2.53. The summed E-state index contributed by atoms with van der Waals surface area (Å²) >= 11 is 0. The third kappa shape index (κ3) is 3.56. The fraction of sp³-hybridized carbons (Fsp3) is 0.625. The SMILES string of the molecule is Cc1ccc(C(N)CN2CCCCCC2)cc1C. The standard InChI is InChI=1S/C16H26N2/c1-13-7-8-15(11-14(13)2)16(17)12-18-9-5-3-4-6-10-18/h7-8,11,16H,3-6,9-10,12,17H2,1-2H3. The lowest BCUT2D eigenvalue weighted by Gasteiger charge is -2.24. The second-order valence-electron chi connectivity index (χ2n) is 5.67. The lowest BCUT2D eigenvalue weighted by molar-refractivity contribution is 0.268. The summed E-state index contributed by atoms with van der Waals surface area (Å²) in [6.07, 6.45) is 5.43. The van der Waals surface area contributed by atoms with Crippen molar-refractivity contribution in [3.8, 4) is 0 Å². The van der Waals surface area contributed by atoms with E-state index < -0.39 is 0 Å². The summed E-state index contributed by atoms with van der Waals surface area (Å²) in [5, 5.41) is 0. The Hall–Kier alpha value is -0.860. The Morgan fingerprint density at radius 3 is 2.33 bits per heavy atom. The molecule has 2 nitrogen and oxygen atoms in total. The van der Waals surface area contributed by atoms with E-state index in [9.17, 15) is 0 Å². The Morgan fingerprint density at radius 1 is 1.06 bits per heavy atom. The fourth-order valence-corrected chi connectivity index (χ4v) is 2.70. The van der Waals surface area contributed by atoms with Gasteiger partial charge in [-0.3, -0.25) is 0 Å². The Morgan fingerprint density at radius 2 is 1.72 bits per heavy atom. The maximum atomic E-state index is 6.35. The molecule has 1 aliphatic rings. The van der Waals surface area contributed by atoms with Crippen molar-refractivity contribution in [3.05, 3.63) is 34.9 Å². The number of nitrogens with two attached hydrogens (primary N) is 1. The van der Waals surface area contributed by atoms with Crippen molar-refractivity contribution in [1.29, 1.82) is 0 Å². The van der Waals surface area contributed by atoms with Crippen LogP contribution in [0.1, 0.15) is 48.4 Å². The average molecular weight is 246 g/mol. The summed E-state index contributed by atoms with van der Waals surface area (Å²) in [7, 11) is 0. The molecule has 1 heterocycles. The van der Waals surface area contributed by atoms with E-state index in [1.165, 1.54) is 55.5 Å². The van der Waals surface area contributed by atoms with E-state index in [1.54, 1.807) is 0 Å². The van der Waals surface area contributed by atoms with Gasteiger partial charge in [-0.05, 0) is 56.5 Å². The first kappa shape index (κ1) is 13.6. The summed E-state index contributed by atoms with van der Waals surface area (Å²) in [6.45, 7) is 7.76. The molecule has 2 rings (SSSR count). The highest BCUT2D eigenvalue weighted by Crippen LogP contribution is 2.18. The number of rotatable bonds is 3. The third-order valence-corrected chi connectivity index (χ3v) is 4.11. The van der Waals surface area contributed by atoms with Crippen LogP contribution in [0, 0.1) is 13.8 Å². The minimum absolute atomic E-state index is 0.155. The highest BCUT2D eigenvalue weighted by atomic mass is 15.1. The first-order chi connectivity index (χ1) is 8.66. The van der Waals surface area contributed by atoms with E-state index in [0.717, 1.165) is 6.54 Å². The van der Waals surface area contributed by atoms with Crippen LogP contribution in [0.15, 0.2) is 18.2 Å². The van der Waals surface area contributed by atoms with E-state index in [-0.39, 0.29) is 6.04 Å². The third-order valence-electron chi connectivity index (χ3n) is 4.11. The van der Waals surface area contributed by atoms with Crippen molar-refractivity contribution in [2.24, 2.45) is 5.73 Å². The van der Waals surface area contributed by atoms with Crippen LogP contribution >= 0.6 is 0 Å². The first-order valence-electron chi connectivity index (χ1n) is 7.22. The topological polar surface area (TPSA) is 29.3 Å². The Balaban J connectivity index is 1.97. The van der Waals surface area contributed by atoms with Gasteiger partial charge in [0.25, 0.3) is 0 Å². The van der Waals surface area contributed by atoms with E-state index in [4.69, 9.17) is 5.73 Å². The maximum Gasteiger partial charge on any atom is 0.0424 e. The molecule has 18 heavy (non-hydrogen) atoms. The molecule has 1 fully saturated rings. The molecule has 1 saturated heterocycles. The fourth-order valence-electron chi connectivity index (χ4n) is 2.70. The molecule has 2 heteroatoms. The van der Waals surface area contributed by atoms with Gasteiger partial charge >= 0.3 is 0 Å². The number of benzene rings is 1. The van der Waals surface area contributed by atoms with E-state index >= 15 is 0 Å². The number of hydrogen-bond donors (Lipinski definition) is 1. The van der Waals surface area contributed by atoms with Crippen LogP contribution in [-0.4, -0.2) is 24.5 Å². The van der Waals surface area contributed by atoms with Gasteiger partial charge < -0.3 is 10.6 Å². The van der Waals surface area contributed by atoms with Gasteiger partial charge in [-0.1, -0.05) is 31.0 Å². The predicted molar refractivity (Wildman–Crippen MR) is 77.8 cm³/mol. The zero-order valence-electron chi connectivity index (χ0n) is 11.8. The van der Waals surface area contributed by atoms with E-state index in [1.807, 2.05) is 0 Å². The summed E-state index contributed by atoms with van der Waals surface area (Å²) < 4.78 is 0. The van der Waals surface area contributed by atoms with Crippen molar-refractivity contribution in [2.75, 3.05) is 19.6 Å². The Kier molecular flexibility index (Phi) is 4.79.